The van der Waals surface area contributed by atoms with E-state index in [4.69, 9.17) is 0 Å². The number of nitrogens with zero attached hydrogens (tertiary/aromatic N) is 2. The summed E-state index contributed by atoms with van der Waals surface area (Å²) in [7, 11) is 0. The maximum atomic E-state index is 2.59. The van der Waals surface area contributed by atoms with Crippen LogP contribution < -0.4 is 4.90 Å². The molecule has 2 heterocycles. The molecule has 2 heteroatoms. The van der Waals surface area contributed by atoms with Crippen LogP contribution in [0, 0.1) is 0 Å². The Morgan fingerprint density at radius 2 is 0.864 bits per heavy atom. The maximum Gasteiger partial charge on any atom is 0.0754 e. The molecule has 0 saturated carbocycles. The Kier molecular flexibility index (Phi) is 7.70. The smallest absolute Gasteiger partial charge is 0.0754 e. The summed E-state index contributed by atoms with van der Waals surface area (Å²) in [5, 5.41) is 2.54. The van der Waals surface area contributed by atoms with Crippen LogP contribution in [0.2, 0.25) is 0 Å². The average molecular weight is 841 g/mol. The van der Waals surface area contributed by atoms with Crippen LogP contribution in [-0.2, 0) is 10.8 Å². The van der Waals surface area contributed by atoms with E-state index in [2.05, 4.69) is 254 Å². The van der Waals surface area contributed by atoms with E-state index in [0.29, 0.717) is 0 Å². The van der Waals surface area contributed by atoms with Gasteiger partial charge >= 0.3 is 0 Å². The molecule has 0 atom stereocenters. The third-order valence-corrected chi connectivity index (χ3v) is 15.2. The van der Waals surface area contributed by atoms with Gasteiger partial charge in [-0.25, -0.2) is 0 Å². The molecule has 0 amide bonds. The molecule has 0 radical (unpaired) electrons. The molecule has 10 aromatic carbocycles. The van der Waals surface area contributed by atoms with Crippen LogP contribution in [0.15, 0.2) is 231 Å². The van der Waals surface area contributed by atoms with Gasteiger partial charge in [-0.15, -0.1) is 0 Å². The van der Waals surface area contributed by atoms with Crippen molar-refractivity contribution in [1.29, 1.82) is 0 Å². The normalized spacial score (nSPS) is 14.2. The summed E-state index contributed by atoms with van der Waals surface area (Å²) in [5.41, 5.74) is 24.7. The number of benzene rings is 10. The molecule has 66 heavy (non-hydrogen) atoms. The second kappa shape index (κ2) is 13.7. The van der Waals surface area contributed by atoms with E-state index in [1.165, 1.54) is 105 Å². The SMILES string of the molecule is CC1(C)c2ccccc2-c2c(-c3ccc(N(c4ccccc4)c4ccccc4-c4cccc5c4-n4c6ccccc6c6cccc(c64)C54c5ccccc5-c5ccccc54)cc3)cccc21. The van der Waals surface area contributed by atoms with Crippen molar-refractivity contribution in [2.75, 3.05) is 4.90 Å². The van der Waals surface area contributed by atoms with Crippen molar-refractivity contribution in [3.63, 3.8) is 0 Å². The van der Waals surface area contributed by atoms with Crippen LogP contribution in [0.4, 0.5) is 17.1 Å². The molecule has 2 nitrogen and oxygen atoms in total. The van der Waals surface area contributed by atoms with Crippen LogP contribution in [0.1, 0.15) is 47.2 Å². The first-order valence-corrected chi connectivity index (χ1v) is 23.2. The Hall–Kier alpha value is -8.20. The molecule has 1 spiro atoms. The Morgan fingerprint density at radius 1 is 0.348 bits per heavy atom. The molecular formula is C64H44N2. The van der Waals surface area contributed by atoms with Crippen molar-refractivity contribution >= 4 is 38.9 Å². The first-order valence-electron chi connectivity index (χ1n) is 23.2. The van der Waals surface area contributed by atoms with Gasteiger partial charge in [0.05, 0.1) is 27.8 Å². The minimum Gasteiger partial charge on any atom is -0.310 e. The van der Waals surface area contributed by atoms with Crippen molar-refractivity contribution in [2.45, 2.75) is 24.7 Å². The summed E-state index contributed by atoms with van der Waals surface area (Å²) in [6, 6.07) is 86.2. The summed E-state index contributed by atoms with van der Waals surface area (Å²) in [6.45, 7) is 4.71. The first kappa shape index (κ1) is 37.2. The second-order valence-corrected chi connectivity index (χ2v) is 18.7. The zero-order valence-electron chi connectivity index (χ0n) is 36.8. The van der Waals surface area contributed by atoms with Gasteiger partial charge in [-0.3, -0.25) is 0 Å². The van der Waals surface area contributed by atoms with Gasteiger partial charge < -0.3 is 9.47 Å². The van der Waals surface area contributed by atoms with E-state index in [9.17, 15) is 0 Å². The molecule has 11 aromatic rings. The molecule has 1 aromatic heterocycles. The number of hydrogen-bond acceptors (Lipinski definition) is 1. The molecule has 1 aliphatic heterocycles. The lowest BCUT2D eigenvalue weighted by molar-refractivity contribution is 0.660. The third kappa shape index (κ3) is 4.80. The minimum atomic E-state index is -0.528. The summed E-state index contributed by atoms with van der Waals surface area (Å²) in [6.07, 6.45) is 0. The Labute approximate surface area is 385 Å². The largest absolute Gasteiger partial charge is 0.310 e. The van der Waals surface area contributed by atoms with Gasteiger partial charge in [-0.05, 0) is 103 Å². The predicted octanol–water partition coefficient (Wildman–Crippen LogP) is 16.6. The molecule has 0 unspecified atom stereocenters. The van der Waals surface area contributed by atoms with E-state index in [-0.39, 0.29) is 5.41 Å². The number of anilines is 3. The van der Waals surface area contributed by atoms with Gasteiger partial charge in [0.25, 0.3) is 0 Å². The van der Waals surface area contributed by atoms with Crippen LogP contribution >= 0.6 is 0 Å². The number of aromatic nitrogens is 1. The number of rotatable bonds is 5. The van der Waals surface area contributed by atoms with Gasteiger partial charge in [0.15, 0.2) is 0 Å². The van der Waals surface area contributed by atoms with Gasteiger partial charge in [-0.1, -0.05) is 208 Å². The molecule has 3 aliphatic rings. The van der Waals surface area contributed by atoms with Crippen molar-refractivity contribution in [3.05, 3.63) is 264 Å². The predicted molar refractivity (Wildman–Crippen MR) is 275 cm³/mol. The van der Waals surface area contributed by atoms with Crippen molar-refractivity contribution < 1.29 is 0 Å². The fourth-order valence-corrected chi connectivity index (χ4v) is 12.5. The van der Waals surface area contributed by atoms with Crippen molar-refractivity contribution in [3.8, 4) is 50.2 Å². The quantitative estimate of drug-likeness (QED) is 0.168. The second-order valence-electron chi connectivity index (χ2n) is 18.7. The lowest BCUT2D eigenvalue weighted by atomic mass is 9.65. The molecule has 0 bridgehead atoms. The molecule has 0 fully saturated rings. The summed E-state index contributed by atoms with van der Waals surface area (Å²) >= 11 is 0. The first-order chi connectivity index (χ1) is 32.5. The van der Waals surface area contributed by atoms with E-state index in [1.54, 1.807) is 0 Å². The zero-order valence-corrected chi connectivity index (χ0v) is 36.8. The molecule has 310 valence electrons. The van der Waals surface area contributed by atoms with Gasteiger partial charge in [0.1, 0.15) is 0 Å². The van der Waals surface area contributed by atoms with Gasteiger partial charge in [-0.2, -0.15) is 0 Å². The van der Waals surface area contributed by atoms with E-state index in [1.807, 2.05) is 0 Å². The summed E-state index contributed by atoms with van der Waals surface area (Å²) < 4.78 is 2.59. The topological polar surface area (TPSA) is 8.17 Å². The van der Waals surface area contributed by atoms with Crippen LogP contribution in [0.5, 0.6) is 0 Å². The molecular weight excluding hydrogens is 797 g/mol. The highest BCUT2D eigenvalue weighted by Gasteiger charge is 2.51. The molecule has 14 rings (SSSR count). The average Bonchev–Trinajstić information content (AvgIpc) is 3.96. The fourth-order valence-electron chi connectivity index (χ4n) is 12.5. The zero-order chi connectivity index (χ0) is 43.7. The number of hydrogen-bond donors (Lipinski definition) is 0. The van der Waals surface area contributed by atoms with Crippen LogP contribution in [0.3, 0.4) is 0 Å². The minimum absolute atomic E-state index is 0.0582. The maximum absolute atomic E-state index is 2.59. The third-order valence-electron chi connectivity index (χ3n) is 15.2. The van der Waals surface area contributed by atoms with Crippen molar-refractivity contribution in [1.82, 2.24) is 4.57 Å². The highest BCUT2D eigenvalue weighted by molar-refractivity contribution is 6.14. The van der Waals surface area contributed by atoms with E-state index < -0.39 is 5.41 Å². The lowest BCUT2D eigenvalue weighted by Gasteiger charge is -2.40. The Morgan fingerprint density at radius 3 is 1.62 bits per heavy atom. The van der Waals surface area contributed by atoms with E-state index >= 15 is 0 Å². The summed E-state index contributed by atoms with van der Waals surface area (Å²) in [5.74, 6) is 0. The van der Waals surface area contributed by atoms with Crippen LogP contribution in [-0.4, -0.2) is 4.57 Å². The Balaban J connectivity index is 1.01. The standard InChI is InChI=1S/C64H44N2/c1-63(2)52-29-11-8-25-51(52)60-44(26-16-32-55(60)63)41-37-39-43(40-38-41)65(42-19-4-3-5-20-42)58-35-14-9-23-47(58)49-27-17-33-56-61(49)66-59-36-15-10-24-48(59)50-28-18-34-57(62(50)66)64(56)53-30-12-6-21-45(53)46-22-7-13-31-54(46)64/h3-40H,1-2H3. The highest BCUT2D eigenvalue weighted by atomic mass is 15.1. The molecule has 2 aliphatic carbocycles. The number of fused-ring (bicyclic) bond motifs is 15. The fraction of sp³-hybridized carbons (Fsp3) is 0.0625. The van der Waals surface area contributed by atoms with Crippen LogP contribution in [0.25, 0.3) is 72.0 Å². The monoisotopic (exact) mass is 840 g/mol. The van der Waals surface area contributed by atoms with E-state index in [0.717, 1.165) is 17.1 Å². The molecule has 0 saturated heterocycles. The van der Waals surface area contributed by atoms with Gasteiger partial charge in [0, 0.05) is 38.7 Å². The lowest BCUT2D eigenvalue weighted by Crippen LogP contribution is -2.33. The Bertz CT molecular complexity index is 3750. The highest BCUT2D eigenvalue weighted by Crippen LogP contribution is 2.62. The number of para-hydroxylation sites is 5. The van der Waals surface area contributed by atoms with Crippen molar-refractivity contribution in [2.24, 2.45) is 0 Å². The van der Waals surface area contributed by atoms with Gasteiger partial charge in [0.2, 0.25) is 0 Å². The summed E-state index contributed by atoms with van der Waals surface area (Å²) in [4.78, 5) is 2.45. The molecule has 0 N–H and O–H groups in total.